The number of guanidine groups is 1. The number of hydrogen-bond acceptors (Lipinski definition) is 4. The van der Waals surface area contributed by atoms with E-state index < -0.39 is 0 Å². The van der Waals surface area contributed by atoms with Gasteiger partial charge in [-0.05, 0) is 46.1 Å². The van der Waals surface area contributed by atoms with E-state index in [1.54, 1.807) is 0 Å². The van der Waals surface area contributed by atoms with Gasteiger partial charge in [0.15, 0.2) is 5.96 Å². The summed E-state index contributed by atoms with van der Waals surface area (Å²) >= 11 is 0. The van der Waals surface area contributed by atoms with Crippen LogP contribution in [0.2, 0.25) is 0 Å². The van der Waals surface area contributed by atoms with Crippen LogP contribution in [0.5, 0.6) is 0 Å². The number of hydrogen-bond donors (Lipinski definition) is 2. The van der Waals surface area contributed by atoms with Gasteiger partial charge in [-0.25, -0.2) is 4.99 Å². The lowest BCUT2D eigenvalue weighted by Crippen LogP contribution is -2.41. The minimum Gasteiger partial charge on any atom is -0.361 e. The Morgan fingerprint density at radius 2 is 2.08 bits per heavy atom. The van der Waals surface area contributed by atoms with Crippen molar-refractivity contribution in [3.8, 4) is 0 Å². The Bertz CT molecular complexity index is 533. The third-order valence-electron chi connectivity index (χ3n) is 5.20. The van der Waals surface area contributed by atoms with Gasteiger partial charge in [0.25, 0.3) is 0 Å². The summed E-state index contributed by atoms with van der Waals surface area (Å²) < 4.78 is 5.44. The largest absolute Gasteiger partial charge is 0.361 e. The highest BCUT2D eigenvalue weighted by molar-refractivity contribution is 5.79. The van der Waals surface area contributed by atoms with Gasteiger partial charge in [-0.15, -0.1) is 0 Å². The van der Waals surface area contributed by atoms with E-state index in [4.69, 9.17) is 9.52 Å². The van der Waals surface area contributed by atoms with Crippen LogP contribution >= 0.6 is 0 Å². The van der Waals surface area contributed by atoms with E-state index in [-0.39, 0.29) is 0 Å². The fourth-order valence-electron chi connectivity index (χ4n) is 3.60. The SMILES string of the molecule is CCNC(=NCc1c(CC)noc1CC)NCCCN1CCCCC1C. The Balaban J connectivity index is 1.83. The number of nitrogens with one attached hydrogen (secondary N) is 2. The molecule has 0 spiro atoms. The van der Waals surface area contributed by atoms with Crippen LogP contribution in [0.1, 0.15) is 70.4 Å². The second kappa shape index (κ2) is 11.2. The third kappa shape index (κ3) is 6.01. The summed E-state index contributed by atoms with van der Waals surface area (Å²) in [5, 5.41) is 11.0. The summed E-state index contributed by atoms with van der Waals surface area (Å²) in [7, 11) is 0. The summed E-state index contributed by atoms with van der Waals surface area (Å²) in [6, 6.07) is 0.735. The number of aryl methyl sites for hydroxylation is 2. The Morgan fingerprint density at radius 1 is 1.23 bits per heavy atom. The molecule has 0 aliphatic carbocycles. The van der Waals surface area contributed by atoms with Crippen LogP contribution in [0.4, 0.5) is 0 Å². The van der Waals surface area contributed by atoms with Crippen LogP contribution in [0.3, 0.4) is 0 Å². The molecular weight excluding hydrogens is 326 g/mol. The highest BCUT2D eigenvalue weighted by Gasteiger charge is 2.17. The van der Waals surface area contributed by atoms with E-state index in [9.17, 15) is 0 Å². The molecule has 0 amide bonds. The van der Waals surface area contributed by atoms with Crippen molar-refractivity contribution in [1.82, 2.24) is 20.7 Å². The first-order valence-electron chi connectivity index (χ1n) is 10.4. The zero-order valence-electron chi connectivity index (χ0n) is 17.1. The monoisotopic (exact) mass is 363 g/mol. The first kappa shape index (κ1) is 20.7. The Hall–Kier alpha value is -1.56. The van der Waals surface area contributed by atoms with Crippen molar-refractivity contribution in [3.05, 3.63) is 17.0 Å². The van der Waals surface area contributed by atoms with Crippen molar-refractivity contribution in [3.63, 3.8) is 0 Å². The Morgan fingerprint density at radius 3 is 2.77 bits per heavy atom. The molecule has 2 N–H and O–H groups in total. The quantitative estimate of drug-likeness (QED) is 0.401. The molecule has 1 aliphatic heterocycles. The lowest BCUT2D eigenvalue weighted by molar-refractivity contribution is 0.159. The van der Waals surface area contributed by atoms with E-state index in [1.165, 1.54) is 32.4 Å². The minimum absolute atomic E-state index is 0.619. The Labute approximate surface area is 158 Å². The van der Waals surface area contributed by atoms with Gasteiger partial charge in [0, 0.05) is 37.7 Å². The van der Waals surface area contributed by atoms with Crippen LogP contribution in [-0.2, 0) is 19.4 Å². The van der Waals surface area contributed by atoms with Crippen molar-refractivity contribution in [1.29, 1.82) is 0 Å². The van der Waals surface area contributed by atoms with Crippen LogP contribution in [0.25, 0.3) is 0 Å². The molecule has 148 valence electrons. The molecule has 0 radical (unpaired) electrons. The van der Waals surface area contributed by atoms with Gasteiger partial charge in [0.2, 0.25) is 0 Å². The standard InChI is InChI=1S/C20H37N5O/c1-5-18-17(19(6-2)26-24-18)15-23-20(21-7-3)22-12-10-14-25-13-9-8-11-16(25)4/h16H,5-15H2,1-4H3,(H2,21,22,23). The number of likely N-dealkylation sites (tertiary alicyclic amines) is 1. The lowest BCUT2D eigenvalue weighted by Gasteiger charge is -2.33. The third-order valence-corrected chi connectivity index (χ3v) is 5.20. The molecule has 1 aliphatic rings. The van der Waals surface area contributed by atoms with Gasteiger partial charge < -0.3 is 20.1 Å². The maximum atomic E-state index is 5.44. The highest BCUT2D eigenvalue weighted by Crippen LogP contribution is 2.17. The zero-order chi connectivity index (χ0) is 18.8. The van der Waals surface area contributed by atoms with Crippen molar-refractivity contribution < 1.29 is 4.52 Å². The number of aromatic nitrogens is 1. The predicted octanol–water partition coefficient (Wildman–Crippen LogP) is 3.12. The van der Waals surface area contributed by atoms with Crippen molar-refractivity contribution in [2.45, 2.75) is 78.8 Å². The fourth-order valence-corrected chi connectivity index (χ4v) is 3.60. The van der Waals surface area contributed by atoms with Crippen LogP contribution in [0.15, 0.2) is 9.52 Å². The average molecular weight is 364 g/mol. The Kier molecular flexibility index (Phi) is 8.95. The molecule has 1 atom stereocenters. The molecule has 0 saturated carbocycles. The topological polar surface area (TPSA) is 65.7 Å². The van der Waals surface area contributed by atoms with Crippen LogP contribution in [0, 0.1) is 0 Å². The summed E-state index contributed by atoms with van der Waals surface area (Å²) in [5.41, 5.74) is 2.18. The van der Waals surface area contributed by atoms with Gasteiger partial charge in [-0.2, -0.15) is 0 Å². The minimum atomic E-state index is 0.619. The van der Waals surface area contributed by atoms with Crippen molar-refractivity contribution >= 4 is 5.96 Å². The molecule has 2 heterocycles. The van der Waals surface area contributed by atoms with Gasteiger partial charge in [-0.1, -0.05) is 25.4 Å². The second-order valence-corrected chi connectivity index (χ2v) is 7.09. The zero-order valence-corrected chi connectivity index (χ0v) is 17.1. The summed E-state index contributed by atoms with van der Waals surface area (Å²) in [5.74, 6) is 1.84. The van der Waals surface area contributed by atoms with E-state index in [2.05, 4.69) is 48.4 Å². The number of aliphatic imine (C=N–C) groups is 1. The number of nitrogens with zero attached hydrogens (tertiary/aromatic N) is 3. The molecule has 1 aromatic heterocycles. The molecule has 1 saturated heterocycles. The number of rotatable bonds is 9. The van der Waals surface area contributed by atoms with Crippen LogP contribution < -0.4 is 10.6 Å². The lowest BCUT2D eigenvalue weighted by atomic mass is 10.0. The summed E-state index contributed by atoms with van der Waals surface area (Å²) in [6.07, 6.45) is 6.95. The number of piperidine rings is 1. The second-order valence-electron chi connectivity index (χ2n) is 7.09. The average Bonchev–Trinajstić information content (AvgIpc) is 3.06. The molecule has 6 nitrogen and oxygen atoms in total. The van der Waals surface area contributed by atoms with E-state index in [0.717, 1.165) is 61.4 Å². The van der Waals surface area contributed by atoms with Gasteiger partial charge in [0.1, 0.15) is 5.76 Å². The van der Waals surface area contributed by atoms with E-state index in [1.807, 2.05) is 0 Å². The first-order chi connectivity index (χ1) is 12.7. The van der Waals surface area contributed by atoms with Gasteiger partial charge >= 0.3 is 0 Å². The van der Waals surface area contributed by atoms with Gasteiger partial charge in [-0.3, -0.25) is 0 Å². The van der Waals surface area contributed by atoms with E-state index >= 15 is 0 Å². The normalized spacial score (nSPS) is 18.9. The molecule has 1 fully saturated rings. The molecule has 1 aromatic rings. The molecule has 1 unspecified atom stereocenters. The molecule has 6 heteroatoms. The summed E-state index contributed by atoms with van der Waals surface area (Å²) in [6.45, 7) is 13.5. The van der Waals surface area contributed by atoms with Crippen LogP contribution in [-0.4, -0.2) is 48.2 Å². The van der Waals surface area contributed by atoms with Gasteiger partial charge in [0.05, 0.1) is 12.2 Å². The molecule has 2 rings (SSSR count). The fraction of sp³-hybridized carbons (Fsp3) is 0.800. The highest BCUT2D eigenvalue weighted by atomic mass is 16.5. The molecule has 26 heavy (non-hydrogen) atoms. The molecular formula is C20H37N5O. The first-order valence-corrected chi connectivity index (χ1v) is 10.4. The van der Waals surface area contributed by atoms with E-state index in [0.29, 0.717) is 6.54 Å². The molecule has 0 aromatic carbocycles. The molecule has 0 bridgehead atoms. The maximum Gasteiger partial charge on any atom is 0.191 e. The predicted molar refractivity (Wildman–Crippen MR) is 108 cm³/mol. The summed E-state index contributed by atoms with van der Waals surface area (Å²) in [4.78, 5) is 7.37. The maximum absolute atomic E-state index is 5.44. The smallest absolute Gasteiger partial charge is 0.191 e. The van der Waals surface area contributed by atoms with Crippen molar-refractivity contribution in [2.75, 3.05) is 26.2 Å². The van der Waals surface area contributed by atoms with Crippen molar-refractivity contribution in [2.24, 2.45) is 4.99 Å².